The molecule has 0 saturated carbocycles. The third-order valence-electron chi connectivity index (χ3n) is 2.04. The molecule has 0 atom stereocenters. The fourth-order valence-corrected chi connectivity index (χ4v) is 1.92. The van der Waals surface area contributed by atoms with Crippen molar-refractivity contribution in [3.63, 3.8) is 0 Å². The summed E-state index contributed by atoms with van der Waals surface area (Å²) >= 11 is 1.80. The number of carbonyl (C=O) groups excluding carboxylic acids is 1. The molecule has 0 aliphatic rings. The van der Waals surface area contributed by atoms with E-state index in [0.717, 1.165) is 0 Å². The molecule has 0 bridgehead atoms. The van der Waals surface area contributed by atoms with Gasteiger partial charge in [-0.25, -0.2) is 13.8 Å². The van der Waals surface area contributed by atoms with E-state index in [0.29, 0.717) is 3.57 Å². The van der Waals surface area contributed by atoms with Gasteiger partial charge in [-0.15, -0.1) is 0 Å². The third-order valence-corrected chi connectivity index (χ3v) is 2.97. The number of rotatable bonds is 4. The minimum absolute atomic E-state index is 0.135. The second-order valence-corrected chi connectivity index (χ2v) is 4.41. The van der Waals surface area contributed by atoms with Crippen LogP contribution < -0.4 is 0 Å². The summed E-state index contributed by atoms with van der Waals surface area (Å²) in [4.78, 5) is 15.1. The number of halogens is 3. The lowest BCUT2D eigenvalue weighted by Crippen LogP contribution is -2.11. The van der Waals surface area contributed by atoms with E-state index < -0.39 is 18.0 Å². The standard InChI is InChI=1S/C11H9F2IN2O2/c1-2-18-10(17)4-8-7(14)3-6(11(12)13)9(5-15)16-8/h3,11H,2,4H2,1H3. The number of hydrogen-bond donors (Lipinski definition) is 0. The molecular formula is C11H9F2IN2O2. The zero-order valence-electron chi connectivity index (χ0n) is 9.41. The Labute approximate surface area is 116 Å². The number of pyridine rings is 1. The molecule has 1 heterocycles. The van der Waals surface area contributed by atoms with Crippen LogP contribution in [0.2, 0.25) is 0 Å². The number of nitrogens with zero attached hydrogens (tertiary/aromatic N) is 2. The van der Waals surface area contributed by atoms with Gasteiger partial charge in [0.25, 0.3) is 6.43 Å². The van der Waals surface area contributed by atoms with Gasteiger partial charge in [-0.1, -0.05) is 0 Å². The molecule has 0 unspecified atom stereocenters. The molecule has 0 N–H and O–H groups in total. The highest BCUT2D eigenvalue weighted by Crippen LogP contribution is 2.25. The molecule has 4 nitrogen and oxygen atoms in total. The molecule has 0 aliphatic carbocycles. The summed E-state index contributed by atoms with van der Waals surface area (Å²) in [5, 5.41) is 8.76. The predicted molar refractivity (Wildman–Crippen MR) is 67.0 cm³/mol. The van der Waals surface area contributed by atoms with Gasteiger partial charge in [0.2, 0.25) is 0 Å². The van der Waals surface area contributed by atoms with Crippen LogP contribution in [0.15, 0.2) is 6.07 Å². The summed E-state index contributed by atoms with van der Waals surface area (Å²) < 4.78 is 30.4. The van der Waals surface area contributed by atoms with Gasteiger partial charge < -0.3 is 4.74 Å². The lowest BCUT2D eigenvalue weighted by Gasteiger charge is -2.08. The van der Waals surface area contributed by atoms with E-state index >= 15 is 0 Å². The molecule has 0 fully saturated rings. The summed E-state index contributed by atoms with van der Waals surface area (Å²) in [6, 6.07) is 2.78. The van der Waals surface area contributed by atoms with Crippen molar-refractivity contribution in [2.24, 2.45) is 0 Å². The van der Waals surface area contributed by atoms with Gasteiger partial charge in [0.15, 0.2) is 0 Å². The lowest BCUT2D eigenvalue weighted by atomic mass is 10.1. The average Bonchev–Trinajstić information content (AvgIpc) is 2.31. The van der Waals surface area contributed by atoms with Crippen molar-refractivity contribution in [3.8, 4) is 6.07 Å². The van der Waals surface area contributed by atoms with Crippen molar-refractivity contribution in [1.82, 2.24) is 4.98 Å². The van der Waals surface area contributed by atoms with Gasteiger partial charge in [0, 0.05) is 3.57 Å². The van der Waals surface area contributed by atoms with Gasteiger partial charge >= 0.3 is 5.97 Å². The molecule has 0 spiro atoms. The number of nitriles is 1. The predicted octanol–water partition coefficient (Wildman–Crippen LogP) is 2.60. The van der Waals surface area contributed by atoms with Crippen LogP contribution >= 0.6 is 22.6 Å². The topological polar surface area (TPSA) is 63.0 Å². The molecule has 0 aliphatic heterocycles. The Morgan fingerprint density at radius 1 is 1.67 bits per heavy atom. The van der Waals surface area contributed by atoms with Gasteiger partial charge in [0.05, 0.1) is 24.3 Å². The fraction of sp³-hybridized carbons (Fsp3) is 0.364. The van der Waals surface area contributed by atoms with E-state index in [-0.39, 0.29) is 24.4 Å². The second-order valence-electron chi connectivity index (χ2n) is 3.25. The van der Waals surface area contributed by atoms with Crippen LogP contribution in [0.1, 0.15) is 30.3 Å². The number of ether oxygens (including phenoxy) is 1. The smallest absolute Gasteiger partial charge is 0.311 e. The average molecular weight is 366 g/mol. The first-order valence-corrected chi connectivity index (χ1v) is 6.10. The first-order valence-electron chi connectivity index (χ1n) is 5.02. The van der Waals surface area contributed by atoms with E-state index in [9.17, 15) is 13.6 Å². The fourth-order valence-electron chi connectivity index (χ4n) is 1.27. The monoisotopic (exact) mass is 366 g/mol. The summed E-state index contributed by atoms with van der Waals surface area (Å²) in [5.41, 5.74) is -0.505. The lowest BCUT2D eigenvalue weighted by molar-refractivity contribution is -0.142. The molecule has 0 aromatic carbocycles. The molecule has 7 heteroatoms. The van der Waals surface area contributed by atoms with Gasteiger partial charge in [0.1, 0.15) is 11.8 Å². The molecule has 1 aromatic heterocycles. The normalized spacial score (nSPS) is 10.2. The van der Waals surface area contributed by atoms with Crippen LogP contribution in [0.3, 0.4) is 0 Å². The number of hydrogen-bond acceptors (Lipinski definition) is 4. The highest BCUT2D eigenvalue weighted by molar-refractivity contribution is 14.1. The largest absolute Gasteiger partial charge is 0.466 e. The van der Waals surface area contributed by atoms with Crippen LogP contribution in [0, 0.1) is 14.9 Å². The Bertz CT molecular complexity index is 501. The Hall–Kier alpha value is -1.30. The molecule has 0 radical (unpaired) electrons. The van der Waals surface area contributed by atoms with Gasteiger partial charge in [-0.05, 0) is 35.6 Å². The Kier molecular flexibility index (Phi) is 5.40. The zero-order valence-corrected chi connectivity index (χ0v) is 11.6. The highest BCUT2D eigenvalue weighted by atomic mass is 127. The van der Waals surface area contributed by atoms with Crippen molar-refractivity contribution in [2.75, 3.05) is 6.61 Å². The highest BCUT2D eigenvalue weighted by Gasteiger charge is 2.19. The molecule has 0 saturated heterocycles. The van der Waals surface area contributed by atoms with Crippen LogP contribution in [0.25, 0.3) is 0 Å². The summed E-state index contributed by atoms with van der Waals surface area (Å²) in [6.07, 6.45) is -2.90. The van der Waals surface area contributed by atoms with Crippen molar-refractivity contribution in [3.05, 3.63) is 26.6 Å². The first-order chi connectivity index (χ1) is 8.49. The summed E-state index contributed by atoms with van der Waals surface area (Å²) in [5.74, 6) is -0.503. The second kappa shape index (κ2) is 6.58. The number of carbonyl (C=O) groups is 1. The molecule has 1 aromatic rings. The van der Waals surface area contributed by atoms with Crippen molar-refractivity contribution >= 4 is 28.6 Å². The summed E-state index contributed by atoms with van der Waals surface area (Å²) in [7, 11) is 0. The summed E-state index contributed by atoms with van der Waals surface area (Å²) in [6.45, 7) is 1.90. The first kappa shape index (κ1) is 14.8. The third kappa shape index (κ3) is 3.60. The van der Waals surface area contributed by atoms with E-state index in [4.69, 9.17) is 10.00 Å². The Balaban J connectivity index is 3.09. The van der Waals surface area contributed by atoms with E-state index in [1.807, 2.05) is 0 Å². The minimum Gasteiger partial charge on any atom is -0.466 e. The van der Waals surface area contributed by atoms with Crippen LogP contribution in [0.4, 0.5) is 8.78 Å². The quantitative estimate of drug-likeness (QED) is 0.607. The van der Waals surface area contributed by atoms with Crippen molar-refractivity contribution in [1.29, 1.82) is 5.26 Å². The Morgan fingerprint density at radius 2 is 2.33 bits per heavy atom. The number of alkyl halides is 2. The number of aromatic nitrogens is 1. The van der Waals surface area contributed by atoms with Crippen LogP contribution in [-0.4, -0.2) is 17.6 Å². The zero-order chi connectivity index (χ0) is 13.7. The van der Waals surface area contributed by atoms with Crippen LogP contribution in [-0.2, 0) is 16.0 Å². The van der Waals surface area contributed by atoms with Crippen molar-refractivity contribution in [2.45, 2.75) is 19.8 Å². The van der Waals surface area contributed by atoms with Gasteiger partial charge in [-0.2, -0.15) is 5.26 Å². The Morgan fingerprint density at radius 3 is 2.83 bits per heavy atom. The van der Waals surface area contributed by atoms with E-state index in [1.54, 1.807) is 35.6 Å². The van der Waals surface area contributed by atoms with Crippen molar-refractivity contribution < 1.29 is 18.3 Å². The number of esters is 1. The van der Waals surface area contributed by atoms with Crippen LogP contribution in [0.5, 0.6) is 0 Å². The molecular weight excluding hydrogens is 357 g/mol. The minimum atomic E-state index is -2.77. The molecule has 96 valence electrons. The van der Waals surface area contributed by atoms with E-state index in [2.05, 4.69) is 4.98 Å². The molecule has 0 amide bonds. The maximum Gasteiger partial charge on any atom is 0.311 e. The van der Waals surface area contributed by atoms with E-state index in [1.165, 1.54) is 6.07 Å². The molecule has 18 heavy (non-hydrogen) atoms. The maximum absolute atomic E-state index is 12.6. The molecule has 1 rings (SSSR count). The maximum atomic E-state index is 12.6. The van der Waals surface area contributed by atoms with Gasteiger partial charge in [-0.3, -0.25) is 4.79 Å². The SMILES string of the molecule is CCOC(=O)Cc1nc(C#N)c(C(F)F)cc1I.